The molecule has 5 N–H and O–H groups in total. The molecule has 1 unspecified atom stereocenters. The molecule has 6 heteroatoms. The van der Waals surface area contributed by atoms with Gasteiger partial charge in [0, 0.05) is 6.04 Å². The molecule has 2 rings (SSSR count). The molecule has 1 aromatic carbocycles. The van der Waals surface area contributed by atoms with E-state index in [1.807, 2.05) is 6.07 Å². The number of benzene rings is 1. The molecule has 0 bridgehead atoms. The van der Waals surface area contributed by atoms with Crippen LogP contribution < -0.4 is 11.1 Å². The summed E-state index contributed by atoms with van der Waals surface area (Å²) < 4.78 is 0. The van der Waals surface area contributed by atoms with Crippen molar-refractivity contribution in [1.29, 1.82) is 0 Å². The molecule has 1 aliphatic carbocycles. The van der Waals surface area contributed by atoms with E-state index in [0.717, 1.165) is 12.8 Å². The van der Waals surface area contributed by atoms with Crippen LogP contribution in [-0.2, 0) is 9.59 Å². The zero-order valence-corrected chi connectivity index (χ0v) is 13.4. The van der Waals surface area contributed by atoms with E-state index in [0.29, 0.717) is 11.6 Å². The van der Waals surface area contributed by atoms with Crippen molar-refractivity contribution in [3.63, 3.8) is 0 Å². The highest BCUT2D eigenvalue weighted by molar-refractivity contribution is 5.75. The first-order chi connectivity index (χ1) is 10.9. The second-order valence-corrected chi connectivity index (χ2v) is 5.79. The number of aliphatic carboxylic acids is 2. The second kappa shape index (κ2) is 9.97. The lowest BCUT2D eigenvalue weighted by molar-refractivity contribution is -0.140. The van der Waals surface area contributed by atoms with Gasteiger partial charge in [-0.05, 0) is 25.3 Å². The highest BCUT2D eigenvalue weighted by Gasteiger charge is 2.18. The lowest BCUT2D eigenvalue weighted by atomic mass is 9.95. The Morgan fingerprint density at radius 3 is 2.13 bits per heavy atom. The molecular weight excluding hydrogens is 296 g/mol. The molecule has 0 amide bonds. The minimum absolute atomic E-state index is 0.395. The lowest BCUT2D eigenvalue weighted by Gasteiger charge is -2.24. The normalized spacial score (nSPS) is 17.5. The van der Waals surface area contributed by atoms with Gasteiger partial charge in [0.15, 0.2) is 0 Å². The van der Waals surface area contributed by atoms with Gasteiger partial charge in [-0.25, -0.2) is 0 Å². The van der Waals surface area contributed by atoms with E-state index in [2.05, 4.69) is 5.32 Å². The molecule has 0 aromatic heterocycles. The van der Waals surface area contributed by atoms with Crippen LogP contribution in [0.3, 0.4) is 0 Å². The first-order valence-corrected chi connectivity index (χ1v) is 7.94. The van der Waals surface area contributed by atoms with Crippen LogP contribution in [0.5, 0.6) is 0 Å². The van der Waals surface area contributed by atoms with Crippen LogP contribution in [0.15, 0.2) is 30.3 Å². The number of carbonyl (C=O) groups is 2. The van der Waals surface area contributed by atoms with Crippen molar-refractivity contribution in [2.24, 2.45) is 5.73 Å². The Labute approximate surface area is 136 Å². The maximum absolute atomic E-state index is 10.5. The molecule has 0 saturated heterocycles. The van der Waals surface area contributed by atoms with Crippen molar-refractivity contribution in [3.8, 4) is 0 Å². The van der Waals surface area contributed by atoms with Crippen LogP contribution in [0.4, 0.5) is 0 Å². The van der Waals surface area contributed by atoms with Crippen molar-refractivity contribution in [2.75, 3.05) is 0 Å². The van der Waals surface area contributed by atoms with Gasteiger partial charge in [0.2, 0.25) is 0 Å². The van der Waals surface area contributed by atoms with Crippen molar-refractivity contribution in [1.82, 2.24) is 5.32 Å². The zero-order valence-electron chi connectivity index (χ0n) is 13.4. The van der Waals surface area contributed by atoms with E-state index in [9.17, 15) is 9.59 Å². The summed E-state index contributed by atoms with van der Waals surface area (Å²) in [6.07, 6.45) is 6.06. The third-order valence-electron chi connectivity index (χ3n) is 3.89. The van der Waals surface area contributed by atoms with E-state index >= 15 is 0 Å². The molecule has 0 aliphatic heterocycles. The van der Waals surface area contributed by atoms with Gasteiger partial charge in [0.1, 0.15) is 12.1 Å². The highest BCUT2D eigenvalue weighted by Crippen LogP contribution is 2.17. The topological polar surface area (TPSA) is 113 Å². The summed E-state index contributed by atoms with van der Waals surface area (Å²) in [4.78, 5) is 20.9. The monoisotopic (exact) mass is 322 g/mol. The molecule has 0 heterocycles. The van der Waals surface area contributed by atoms with Crippen LogP contribution in [0.2, 0.25) is 0 Å². The van der Waals surface area contributed by atoms with Gasteiger partial charge in [0.05, 0.1) is 0 Å². The molecule has 1 saturated carbocycles. The third kappa shape index (κ3) is 7.25. The fourth-order valence-corrected chi connectivity index (χ4v) is 2.50. The van der Waals surface area contributed by atoms with Crippen molar-refractivity contribution < 1.29 is 19.8 Å². The third-order valence-corrected chi connectivity index (χ3v) is 3.89. The van der Waals surface area contributed by atoms with E-state index in [4.69, 9.17) is 15.9 Å². The predicted molar refractivity (Wildman–Crippen MR) is 88.1 cm³/mol. The lowest BCUT2D eigenvalue weighted by Crippen LogP contribution is -2.42. The number of hydrogen-bond donors (Lipinski definition) is 4. The highest BCUT2D eigenvalue weighted by atomic mass is 16.4. The van der Waals surface area contributed by atoms with Crippen molar-refractivity contribution in [3.05, 3.63) is 35.9 Å². The second-order valence-electron chi connectivity index (χ2n) is 5.79. The Morgan fingerprint density at radius 1 is 1.09 bits per heavy atom. The molecule has 1 fully saturated rings. The smallest absolute Gasteiger partial charge is 0.325 e. The van der Waals surface area contributed by atoms with Crippen LogP contribution in [0.1, 0.15) is 50.6 Å². The molecule has 128 valence electrons. The molecule has 2 atom stereocenters. The molecule has 0 spiro atoms. The Hall–Kier alpha value is -1.92. The van der Waals surface area contributed by atoms with Crippen LogP contribution in [0.25, 0.3) is 0 Å². The Balaban J connectivity index is 0.000000231. The molecule has 1 aliphatic rings. The average Bonchev–Trinajstić information content (AvgIpc) is 2.56. The summed E-state index contributed by atoms with van der Waals surface area (Å²) >= 11 is 0. The van der Waals surface area contributed by atoms with Gasteiger partial charge < -0.3 is 21.3 Å². The predicted octanol–water partition coefficient (Wildman–Crippen LogP) is 2.15. The zero-order chi connectivity index (χ0) is 17.2. The Bertz CT molecular complexity index is 487. The number of hydrogen-bond acceptors (Lipinski definition) is 4. The van der Waals surface area contributed by atoms with E-state index < -0.39 is 24.0 Å². The maximum Gasteiger partial charge on any atom is 0.325 e. The SMILES string of the molecule is C[C@H](NC1CCCCC1)C(=O)O.NC(C(=O)O)c1ccccc1. The molecule has 23 heavy (non-hydrogen) atoms. The van der Waals surface area contributed by atoms with Gasteiger partial charge in [0.25, 0.3) is 0 Å². The first-order valence-electron chi connectivity index (χ1n) is 7.94. The van der Waals surface area contributed by atoms with Gasteiger partial charge in [-0.15, -0.1) is 0 Å². The fourth-order valence-electron chi connectivity index (χ4n) is 2.50. The Kier molecular flexibility index (Phi) is 8.29. The number of rotatable bonds is 5. The van der Waals surface area contributed by atoms with Gasteiger partial charge >= 0.3 is 11.9 Å². The summed E-state index contributed by atoms with van der Waals surface area (Å²) in [5.41, 5.74) is 5.96. The van der Waals surface area contributed by atoms with Crippen LogP contribution in [0, 0.1) is 0 Å². The molecule has 1 aromatic rings. The fraction of sp³-hybridized carbons (Fsp3) is 0.529. The summed E-state index contributed by atoms with van der Waals surface area (Å²) in [7, 11) is 0. The summed E-state index contributed by atoms with van der Waals surface area (Å²) in [5.74, 6) is -1.75. The minimum Gasteiger partial charge on any atom is -0.480 e. The molecule has 0 radical (unpaired) electrons. The number of nitrogens with one attached hydrogen (secondary N) is 1. The van der Waals surface area contributed by atoms with E-state index in [1.54, 1.807) is 31.2 Å². The van der Waals surface area contributed by atoms with Crippen molar-refractivity contribution in [2.45, 2.75) is 57.2 Å². The van der Waals surface area contributed by atoms with Gasteiger partial charge in [-0.3, -0.25) is 9.59 Å². The molecule has 6 nitrogen and oxygen atoms in total. The molecular formula is C17H26N2O4. The van der Waals surface area contributed by atoms with E-state index in [-0.39, 0.29) is 0 Å². The number of carboxylic acids is 2. The van der Waals surface area contributed by atoms with Gasteiger partial charge in [-0.1, -0.05) is 49.6 Å². The van der Waals surface area contributed by atoms with Crippen LogP contribution in [-0.4, -0.2) is 34.2 Å². The minimum atomic E-state index is -1.00. The average molecular weight is 322 g/mol. The summed E-state index contributed by atoms with van der Waals surface area (Å²) in [6, 6.07) is 7.86. The largest absolute Gasteiger partial charge is 0.480 e. The Morgan fingerprint density at radius 2 is 1.65 bits per heavy atom. The quantitative estimate of drug-likeness (QED) is 0.661. The summed E-state index contributed by atoms with van der Waals surface area (Å²) in [5, 5.41) is 20.3. The van der Waals surface area contributed by atoms with Crippen LogP contribution >= 0.6 is 0 Å². The number of carboxylic acid groups (broad SMARTS) is 2. The van der Waals surface area contributed by atoms with Crippen molar-refractivity contribution >= 4 is 11.9 Å². The van der Waals surface area contributed by atoms with E-state index in [1.165, 1.54) is 19.3 Å². The first kappa shape index (κ1) is 19.1. The van der Waals surface area contributed by atoms with Gasteiger partial charge in [-0.2, -0.15) is 0 Å². The maximum atomic E-state index is 10.5. The number of nitrogens with two attached hydrogens (primary N) is 1. The standard InChI is InChI=1S/C9H17NO2.C8H9NO2/c1-7(9(11)12)10-8-5-3-2-4-6-8;9-7(8(10)11)6-4-2-1-3-5-6/h7-8,10H,2-6H2,1H3,(H,11,12);1-5,7H,9H2,(H,10,11)/t7-;/m0./s1. The summed E-state index contributed by atoms with van der Waals surface area (Å²) in [6.45, 7) is 1.71.